The van der Waals surface area contributed by atoms with Crippen molar-refractivity contribution in [2.45, 2.75) is 25.0 Å². The molecule has 0 saturated carbocycles. The summed E-state index contributed by atoms with van der Waals surface area (Å²) in [6.45, 7) is 2.08. The largest absolute Gasteiger partial charge is 0.379 e. The van der Waals surface area contributed by atoms with Gasteiger partial charge in [0.05, 0.1) is 25.1 Å². The van der Waals surface area contributed by atoms with E-state index in [2.05, 4.69) is 15.0 Å². The van der Waals surface area contributed by atoms with Crippen LogP contribution in [0, 0.1) is 11.7 Å². The summed E-state index contributed by atoms with van der Waals surface area (Å²) in [7, 11) is 0. The molecule has 4 rings (SSSR count). The first-order chi connectivity index (χ1) is 14.3. The van der Waals surface area contributed by atoms with Gasteiger partial charge in [-0.2, -0.15) is 0 Å². The lowest BCUT2D eigenvalue weighted by atomic mass is 9.78. The molecule has 1 aromatic carbocycles. The highest BCUT2D eigenvalue weighted by Gasteiger charge is 2.52. The van der Waals surface area contributed by atoms with Gasteiger partial charge in [-0.1, -0.05) is 17.8 Å². The Morgan fingerprint density at radius 3 is 2.83 bits per heavy atom. The van der Waals surface area contributed by atoms with Gasteiger partial charge in [-0.05, 0) is 30.7 Å². The number of nitrogens with two attached hydrogens (primary N) is 1. The molecule has 1 fully saturated rings. The van der Waals surface area contributed by atoms with Crippen molar-refractivity contribution in [3.8, 4) is 0 Å². The number of fused-ring (bicyclic) bond motifs is 1. The number of benzene rings is 1. The number of aliphatic imine (C=N–C) groups is 1. The molecule has 158 valence electrons. The van der Waals surface area contributed by atoms with Gasteiger partial charge in [0, 0.05) is 17.2 Å². The van der Waals surface area contributed by atoms with E-state index in [4.69, 9.17) is 10.5 Å². The number of aromatic nitrogens is 2. The minimum absolute atomic E-state index is 0.0823. The van der Waals surface area contributed by atoms with Gasteiger partial charge in [-0.15, -0.1) is 0 Å². The molecule has 1 aromatic heterocycles. The molecule has 0 aliphatic carbocycles. The van der Waals surface area contributed by atoms with Crippen LogP contribution in [0.15, 0.2) is 35.6 Å². The molecule has 10 heteroatoms. The molecule has 0 radical (unpaired) electrons. The molecular weight excluding hydrogens is 420 g/mol. The summed E-state index contributed by atoms with van der Waals surface area (Å²) in [6.07, 6.45) is -0.0228. The van der Waals surface area contributed by atoms with E-state index in [-0.39, 0.29) is 29.9 Å². The molecular formula is C20H18F4N4OS. The third kappa shape index (κ3) is 3.69. The Hall–Kier alpha value is -2.46. The quantitative estimate of drug-likeness (QED) is 0.720. The van der Waals surface area contributed by atoms with Crippen molar-refractivity contribution in [1.82, 2.24) is 9.97 Å². The lowest BCUT2D eigenvalue weighted by Crippen LogP contribution is -2.41. The number of hydrogen-bond donors (Lipinski definition) is 1. The summed E-state index contributed by atoms with van der Waals surface area (Å²) < 4.78 is 60.4. The molecule has 2 aromatic rings. The average molecular weight is 438 g/mol. The van der Waals surface area contributed by atoms with E-state index in [1.54, 1.807) is 0 Å². The van der Waals surface area contributed by atoms with Gasteiger partial charge in [-0.3, -0.25) is 9.97 Å². The Kier molecular flexibility index (Phi) is 5.54. The van der Waals surface area contributed by atoms with Crippen molar-refractivity contribution in [1.29, 1.82) is 0 Å². The van der Waals surface area contributed by atoms with Crippen LogP contribution in [0.1, 0.15) is 35.9 Å². The summed E-state index contributed by atoms with van der Waals surface area (Å²) in [4.78, 5) is 11.7. The Morgan fingerprint density at radius 2 is 2.13 bits per heavy atom. The van der Waals surface area contributed by atoms with E-state index in [1.165, 1.54) is 30.0 Å². The van der Waals surface area contributed by atoms with Crippen LogP contribution in [0.4, 0.5) is 17.6 Å². The van der Waals surface area contributed by atoms with Crippen molar-refractivity contribution in [3.63, 3.8) is 0 Å². The Morgan fingerprint density at radius 1 is 1.33 bits per heavy atom. The molecule has 0 unspecified atom stereocenters. The molecule has 0 bridgehead atoms. The van der Waals surface area contributed by atoms with Crippen molar-refractivity contribution in [3.05, 3.63) is 58.9 Å². The summed E-state index contributed by atoms with van der Waals surface area (Å²) in [5, 5.41) is 0.352. The fourth-order valence-corrected chi connectivity index (χ4v) is 4.88. The molecule has 2 aliphatic heterocycles. The van der Waals surface area contributed by atoms with Crippen molar-refractivity contribution in [2.24, 2.45) is 16.6 Å². The number of alkyl halides is 2. The SMILES string of the molecule is C[C@H]1OC[C@]2(c3cc(/C=C(\F)c4cnc(C(F)F)cn4)ccc3F)N=C(N)SC[C@H]12. The van der Waals surface area contributed by atoms with Gasteiger partial charge in [0.15, 0.2) is 11.0 Å². The van der Waals surface area contributed by atoms with Crippen molar-refractivity contribution in [2.75, 3.05) is 12.4 Å². The standard InChI is InChI=1S/C20H18F4N4OS/c1-10-13-8-30-19(25)28-20(13,9-29-10)12-4-11(2-3-14(12)21)5-15(22)16-6-27-17(7-26-16)18(23)24/h2-7,10,13,18H,8-9H2,1H3,(H2,25,28)/b15-5-/t10-,13-,20-/m1/s1. The van der Waals surface area contributed by atoms with E-state index in [9.17, 15) is 17.6 Å². The Balaban J connectivity index is 1.71. The number of ether oxygens (including phenoxy) is 1. The van der Waals surface area contributed by atoms with Crippen molar-refractivity contribution < 1.29 is 22.3 Å². The maximum atomic E-state index is 14.8. The van der Waals surface area contributed by atoms with Gasteiger partial charge >= 0.3 is 0 Å². The fourth-order valence-electron chi connectivity index (χ4n) is 3.76. The second-order valence-corrected chi connectivity index (χ2v) is 8.21. The summed E-state index contributed by atoms with van der Waals surface area (Å²) in [5.74, 6) is -0.717. The summed E-state index contributed by atoms with van der Waals surface area (Å²) in [6, 6.07) is 4.16. The van der Waals surface area contributed by atoms with Crippen LogP contribution in [0.25, 0.3) is 11.9 Å². The highest BCUT2D eigenvalue weighted by Crippen LogP contribution is 2.48. The predicted octanol–water partition coefficient (Wildman–Crippen LogP) is 4.31. The maximum Gasteiger partial charge on any atom is 0.281 e. The van der Waals surface area contributed by atoms with Crippen LogP contribution in [0.3, 0.4) is 0 Å². The number of hydrogen-bond acceptors (Lipinski definition) is 6. The minimum atomic E-state index is -2.79. The number of halogens is 4. The molecule has 1 saturated heterocycles. The second kappa shape index (κ2) is 7.99. The van der Waals surface area contributed by atoms with E-state index < -0.39 is 29.3 Å². The van der Waals surface area contributed by atoms with Crippen LogP contribution in [0.2, 0.25) is 0 Å². The Bertz CT molecular complexity index is 1010. The lowest BCUT2D eigenvalue weighted by Gasteiger charge is -2.35. The lowest BCUT2D eigenvalue weighted by molar-refractivity contribution is 0.107. The van der Waals surface area contributed by atoms with Crippen LogP contribution in [-0.4, -0.2) is 33.6 Å². The first kappa shape index (κ1) is 20.8. The first-order valence-corrected chi connectivity index (χ1v) is 10.2. The van der Waals surface area contributed by atoms with Crippen LogP contribution < -0.4 is 5.73 Å². The van der Waals surface area contributed by atoms with Gasteiger partial charge in [-0.25, -0.2) is 22.6 Å². The third-order valence-electron chi connectivity index (χ3n) is 5.36. The molecule has 2 aliphatic rings. The molecule has 5 nitrogen and oxygen atoms in total. The van der Waals surface area contributed by atoms with Crippen LogP contribution in [-0.2, 0) is 10.3 Å². The predicted molar refractivity (Wildman–Crippen MR) is 107 cm³/mol. The zero-order chi connectivity index (χ0) is 21.5. The molecule has 2 N–H and O–H groups in total. The van der Waals surface area contributed by atoms with Gasteiger partial charge in [0.1, 0.15) is 22.7 Å². The van der Waals surface area contributed by atoms with Crippen LogP contribution >= 0.6 is 11.8 Å². The zero-order valence-electron chi connectivity index (χ0n) is 15.9. The molecule has 30 heavy (non-hydrogen) atoms. The average Bonchev–Trinajstić information content (AvgIpc) is 3.06. The molecule has 3 atom stereocenters. The van der Waals surface area contributed by atoms with Crippen LogP contribution in [0.5, 0.6) is 0 Å². The Labute approximate surface area is 174 Å². The van der Waals surface area contributed by atoms with Gasteiger partial charge in [0.2, 0.25) is 0 Å². The van der Waals surface area contributed by atoms with E-state index in [1.807, 2.05) is 6.92 Å². The van der Waals surface area contributed by atoms with E-state index in [0.717, 1.165) is 18.5 Å². The summed E-state index contributed by atoms with van der Waals surface area (Å²) in [5.41, 5.74) is 4.86. The van der Waals surface area contributed by atoms with E-state index >= 15 is 0 Å². The summed E-state index contributed by atoms with van der Waals surface area (Å²) >= 11 is 1.40. The highest BCUT2D eigenvalue weighted by molar-refractivity contribution is 8.13. The second-order valence-electron chi connectivity index (χ2n) is 7.17. The number of amidine groups is 1. The number of rotatable bonds is 4. The smallest absolute Gasteiger partial charge is 0.281 e. The fraction of sp³-hybridized carbons (Fsp3) is 0.350. The molecule has 3 heterocycles. The maximum absolute atomic E-state index is 14.8. The number of thioether (sulfide) groups is 1. The monoisotopic (exact) mass is 438 g/mol. The third-order valence-corrected chi connectivity index (χ3v) is 6.27. The zero-order valence-corrected chi connectivity index (χ0v) is 16.7. The minimum Gasteiger partial charge on any atom is -0.379 e. The first-order valence-electron chi connectivity index (χ1n) is 9.17. The topological polar surface area (TPSA) is 73.4 Å². The number of nitrogens with zero attached hydrogens (tertiary/aromatic N) is 3. The van der Waals surface area contributed by atoms with Gasteiger partial charge < -0.3 is 10.5 Å². The van der Waals surface area contributed by atoms with Gasteiger partial charge in [0.25, 0.3) is 6.43 Å². The van der Waals surface area contributed by atoms with Crippen molar-refractivity contribution >= 4 is 28.8 Å². The highest BCUT2D eigenvalue weighted by atomic mass is 32.2. The molecule has 0 amide bonds. The normalized spacial score (nSPS) is 26.6. The molecule has 0 spiro atoms. The van der Waals surface area contributed by atoms with E-state index in [0.29, 0.717) is 16.5 Å².